The molecule has 1 aliphatic carbocycles. The van der Waals surface area contributed by atoms with E-state index in [-0.39, 0.29) is 11.3 Å². The summed E-state index contributed by atoms with van der Waals surface area (Å²) in [6.45, 7) is 0.801. The minimum atomic E-state index is -1.17. The summed E-state index contributed by atoms with van der Waals surface area (Å²) >= 11 is 0. The highest BCUT2D eigenvalue weighted by molar-refractivity contribution is 5.94. The second kappa shape index (κ2) is 4.18. The van der Waals surface area contributed by atoms with Crippen molar-refractivity contribution in [3.8, 4) is 0 Å². The van der Waals surface area contributed by atoms with Gasteiger partial charge in [0.2, 0.25) is 0 Å². The molecule has 0 spiro atoms. The number of nitrogens with zero attached hydrogens (tertiary/aromatic N) is 3. The predicted molar refractivity (Wildman–Crippen MR) is 66.3 cm³/mol. The van der Waals surface area contributed by atoms with Crippen molar-refractivity contribution >= 4 is 17.5 Å². The summed E-state index contributed by atoms with van der Waals surface area (Å²) in [6.07, 6.45) is 4.42. The fourth-order valence-corrected chi connectivity index (χ4v) is 3.12. The van der Waals surface area contributed by atoms with Gasteiger partial charge in [0.05, 0.1) is 4.92 Å². The zero-order valence-electron chi connectivity index (χ0n) is 10.2. The fourth-order valence-electron chi connectivity index (χ4n) is 3.12. The van der Waals surface area contributed by atoms with Gasteiger partial charge in [-0.05, 0) is 25.2 Å². The Hall–Kier alpha value is -2.18. The van der Waals surface area contributed by atoms with Crippen LogP contribution in [0.5, 0.6) is 0 Å². The van der Waals surface area contributed by atoms with Crippen LogP contribution in [0.3, 0.4) is 0 Å². The molecule has 2 bridgehead atoms. The van der Waals surface area contributed by atoms with Crippen LogP contribution >= 0.6 is 0 Å². The average molecular weight is 263 g/mol. The number of fused-ring (bicyclic) bond motifs is 2. The summed E-state index contributed by atoms with van der Waals surface area (Å²) in [6, 6.07) is 1.42. The van der Waals surface area contributed by atoms with Crippen LogP contribution in [-0.2, 0) is 0 Å². The number of hydrogen-bond donors (Lipinski definition) is 1. The van der Waals surface area contributed by atoms with E-state index in [9.17, 15) is 20.0 Å². The van der Waals surface area contributed by atoms with Crippen LogP contribution in [0.2, 0.25) is 0 Å². The molecule has 2 atom stereocenters. The summed E-state index contributed by atoms with van der Waals surface area (Å²) in [5.41, 5.74) is -0.368. The highest BCUT2D eigenvalue weighted by atomic mass is 16.6. The van der Waals surface area contributed by atoms with Crippen LogP contribution in [-0.4, -0.2) is 33.6 Å². The first-order chi connectivity index (χ1) is 9.06. The fraction of sp³-hybridized carbons (Fsp3) is 0.500. The van der Waals surface area contributed by atoms with Crippen molar-refractivity contribution in [2.24, 2.45) is 5.92 Å². The number of nitro groups is 1. The Morgan fingerprint density at radius 2 is 2.32 bits per heavy atom. The van der Waals surface area contributed by atoms with E-state index >= 15 is 0 Å². The van der Waals surface area contributed by atoms with E-state index in [1.807, 2.05) is 4.90 Å². The van der Waals surface area contributed by atoms with Crippen molar-refractivity contribution < 1.29 is 14.8 Å². The van der Waals surface area contributed by atoms with Gasteiger partial charge >= 0.3 is 5.97 Å². The van der Waals surface area contributed by atoms with E-state index in [0.717, 1.165) is 31.6 Å². The minimum Gasteiger partial charge on any atom is -0.478 e. The highest BCUT2D eigenvalue weighted by Gasteiger charge is 2.40. The number of rotatable bonds is 3. The zero-order valence-corrected chi connectivity index (χ0v) is 10.2. The van der Waals surface area contributed by atoms with Crippen molar-refractivity contribution in [1.29, 1.82) is 0 Å². The van der Waals surface area contributed by atoms with Crippen LogP contribution in [0.15, 0.2) is 12.3 Å². The van der Waals surface area contributed by atoms with Gasteiger partial charge in [0, 0.05) is 18.7 Å². The molecule has 0 aromatic carbocycles. The van der Waals surface area contributed by atoms with Gasteiger partial charge < -0.3 is 10.0 Å². The van der Waals surface area contributed by atoms with Gasteiger partial charge in [-0.2, -0.15) is 0 Å². The molecule has 1 aliphatic heterocycles. The number of hydrogen-bond acceptors (Lipinski definition) is 5. The van der Waals surface area contributed by atoms with E-state index < -0.39 is 10.9 Å². The van der Waals surface area contributed by atoms with Crippen molar-refractivity contribution in [2.45, 2.75) is 25.3 Å². The first kappa shape index (κ1) is 11.9. The van der Waals surface area contributed by atoms with Crippen LogP contribution in [0.1, 0.15) is 29.6 Å². The Morgan fingerprint density at radius 1 is 1.53 bits per heavy atom. The number of aromatic carboxylic acids is 1. The van der Waals surface area contributed by atoms with Gasteiger partial charge in [0.1, 0.15) is 17.6 Å². The molecular formula is C12H13N3O4. The highest BCUT2D eigenvalue weighted by Crippen LogP contribution is 2.40. The third kappa shape index (κ3) is 1.91. The topological polar surface area (TPSA) is 96.6 Å². The van der Waals surface area contributed by atoms with Crippen molar-refractivity contribution in [1.82, 2.24) is 4.98 Å². The number of carboxylic acids is 1. The van der Waals surface area contributed by atoms with Crippen molar-refractivity contribution in [2.75, 3.05) is 11.4 Å². The molecule has 2 aliphatic rings. The van der Waals surface area contributed by atoms with Crippen LogP contribution < -0.4 is 4.90 Å². The maximum Gasteiger partial charge on any atom is 0.339 e. The smallest absolute Gasteiger partial charge is 0.339 e. The molecule has 2 heterocycles. The molecule has 1 saturated carbocycles. The molecule has 7 nitrogen and oxygen atoms in total. The van der Waals surface area contributed by atoms with Gasteiger partial charge in [0.25, 0.3) is 5.69 Å². The third-order valence-electron chi connectivity index (χ3n) is 3.97. The molecule has 0 amide bonds. The van der Waals surface area contributed by atoms with E-state index in [1.54, 1.807) is 0 Å². The second-order valence-corrected chi connectivity index (χ2v) is 5.11. The molecule has 1 N–H and O–H groups in total. The lowest BCUT2D eigenvalue weighted by atomic mass is 10.1. The number of aromatic nitrogens is 1. The monoisotopic (exact) mass is 263 g/mol. The molecule has 19 heavy (non-hydrogen) atoms. The number of pyridine rings is 1. The van der Waals surface area contributed by atoms with Gasteiger partial charge in [-0.15, -0.1) is 0 Å². The molecule has 1 aromatic rings. The number of anilines is 1. The third-order valence-corrected chi connectivity index (χ3v) is 3.97. The standard InChI is InChI=1S/C12H13N3O4/c16-12(17)10-4-9(15(18)19)5-13-11(10)14-6-7-1-2-8(14)3-7/h4-5,7-8H,1-3,6H2,(H,16,17). The summed E-state index contributed by atoms with van der Waals surface area (Å²) < 4.78 is 0. The summed E-state index contributed by atoms with van der Waals surface area (Å²) in [4.78, 5) is 27.4. The zero-order chi connectivity index (χ0) is 13.6. The Morgan fingerprint density at radius 3 is 2.84 bits per heavy atom. The molecule has 1 aromatic heterocycles. The van der Waals surface area contributed by atoms with E-state index in [1.165, 1.54) is 6.42 Å². The van der Waals surface area contributed by atoms with Crippen LogP contribution in [0.4, 0.5) is 11.5 Å². The SMILES string of the molecule is O=C(O)c1cc([N+](=O)[O-])cnc1N1CC2CCC1C2. The molecular weight excluding hydrogens is 250 g/mol. The summed E-state index contributed by atoms with van der Waals surface area (Å²) in [7, 11) is 0. The molecule has 100 valence electrons. The average Bonchev–Trinajstić information content (AvgIpc) is 3.00. The molecule has 2 unspecified atom stereocenters. The Kier molecular flexibility index (Phi) is 2.62. The van der Waals surface area contributed by atoms with Crippen LogP contribution in [0, 0.1) is 16.0 Å². The maximum absolute atomic E-state index is 11.3. The van der Waals surface area contributed by atoms with Gasteiger partial charge in [-0.1, -0.05) is 0 Å². The molecule has 7 heteroatoms. The Balaban J connectivity index is 2.01. The Labute approximate surface area is 109 Å². The van der Waals surface area contributed by atoms with Gasteiger partial charge in [-0.3, -0.25) is 10.1 Å². The van der Waals surface area contributed by atoms with Crippen LogP contribution in [0.25, 0.3) is 0 Å². The quantitative estimate of drug-likeness (QED) is 0.658. The first-order valence-corrected chi connectivity index (χ1v) is 6.20. The molecule has 0 radical (unpaired) electrons. The first-order valence-electron chi connectivity index (χ1n) is 6.20. The molecule has 3 rings (SSSR count). The summed E-state index contributed by atoms with van der Waals surface area (Å²) in [5.74, 6) is -0.206. The summed E-state index contributed by atoms with van der Waals surface area (Å²) in [5, 5.41) is 19.9. The lowest BCUT2D eigenvalue weighted by Gasteiger charge is -2.28. The minimum absolute atomic E-state index is 0.0817. The maximum atomic E-state index is 11.3. The number of carbonyl (C=O) groups is 1. The normalized spacial score (nSPS) is 24.7. The second-order valence-electron chi connectivity index (χ2n) is 5.11. The lowest BCUT2D eigenvalue weighted by Crippen LogP contribution is -2.33. The van der Waals surface area contributed by atoms with Crippen molar-refractivity contribution in [3.05, 3.63) is 27.9 Å². The Bertz CT molecular complexity index is 560. The van der Waals surface area contributed by atoms with E-state index in [4.69, 9.17) is 0 Å². The molecule has 2 fully saturated rings. The predicted octanol–water partition coefficient (Wildman–Crippen LogP) is 1.68. The lowest BCUT2D eigenvalue weighted by molar-refractivity contribution is -0.385. The van der Waals surface area contributed by atoms with Gasteiger partial charge in [-0.25, -0.2) is 9.78 Å². The van der Waals surface area contributed by atoms with Crippen molar-refractivity contribution in [3.63, 3.8) is 0 Å². The number of piperidine rings is 1. The largest absolute Gasteiger partial charge is 0.478 e. The van der Waals surface area contributed by atoms with Gasteiger partial charge in [0.15, 0.2) is 0 Å². The van der Waals surface area contributed by atoms with E-state index in [2.05, 4.69) is 4.98 Å². The molecule has 1 saturated heterocycles. The van der Waals surface area contributed by atoms with E-state index in [0.29, 0.717) is 17.8 Å². The number of carboxylic acid groups (broad SMARTS) is 1.